The largest absolute Gasteiger partial charge is 0.494 e. The lowest BCUT2D eigenvalue weighted by Crippen LogP contribution is -2.16. The van der Waals surface area contributed by atoms with Crippen molar-refractivity contribution >= 4 is 17.6 Å². The van der Waals surface area contributed by atoms with Crippen LogP contribution in [0.4, 0.5) is 5.69 Å². The maximum absolute atomic E-state index is 12.3. The minimum Gasteiger partial charge on any atom is -0.494 e. The van der Waals surface area contributed by atoms with Crippen LogP contribution in [0.15, 0.2) is 36.4 Å². The van der Waals surface area contributed by atoms with Crippen LogP contribution in [0.5, 0.6) is 5.75 Å². The highest BCUT2D eigenvalue weighted by Gasteiger charge is 2.13. The van der Waals surface area contributed by atoms with E-state index in [0.29, 0.717) is 17.9 Å². The van der Waals surface area contributed by atoms with Crippen LogP contribution in [-0.2, 0) is 11.2 Å². The number of nitrogens with one attached hydrogen (secondary N) is 1. The number of rotatable bonds is 7. The van der Waals surface area contributed by atoms with Crippen LogP contribution in [0, 0.1) is 13.8 Å². The highest BCUT2D eigenvalue weighted by molar-refractivity contribution is 5.96. The molecule has 0 radical (unpaired) electrons. The van der Waals surface area contributed by atoms with Gasteiger partial charge in [0.2, 0.25) is 5.91 Å². The molecule has 0 heterocycles. The quantitative estimate of drug-likeness (QED) is 0.799. The molecule has 0 unspecified atom stereocenters. The molecule has 0 aliphatic rings. The van der Waals surface area contributed by atoms with E-state index < -0.39 is 5.97 Å². The Balaban J connectivity index is 2.10. The summed E-state index contributed by atoms with van der Waals surface area (Å²) < 4.78 is 5.57. The molecule has 25 heavy (non-hydrogen) atoms. The van der Waals surface area contributed by atoms with Crippen LogP contribution < -0.4 is 10.1 Å². The first kappa shape index (κ1) is 18.5. The van der Waals surface area contributed by atoms with Crippen LogP contribution in [0.1, 0.15) is 40.4 Å². The first-order valence-electron chi connectivity index (χ1n) is 8.26. The summed E-state index contributed by atoms with van der Waals surface area (Å²) in [5.41, 5.74) is 3.05. The SMILES string of the molecule is CCCOc1cccc(CC(=O)Nc2cc(C(=O)O)c(C)cc2C)c1. The predicted octanol–water partition coefficient (Wildman–Crippen LogP) is 3.97. The molecule has 2 rings (SSSR count). The number of carbonyl (C=O) groups is 2. The molecule has 0 saturated heterocycles. The molecule has 1 amide bonds. The monoisotopic (exact) mass is 341 g/mol. The van der Waals surface area contributed by atoms with Gasteiger partial charge in [-0.05, 0) is 55.2 Å². The molecule has 0 spiro atoms. The number of carbonyl (C=O) groups excluding carboxylic acids is 1. The Kier molecular flexibility index (Phi) is 6.17. The van der Waals surface area contributed by atoms with Gasteiger partial charge in [-0.3, -0.25) is 4.79 Å². The second kappa shape index (κ2) is 8.33. The zero-order valence-corrected chi connectivity index (χ0v) is 14.8. The number of aryl methyl sites for hydroxylation is 2. The minimum absolute atomic E-state index is 0.191. The molecular formula is C20H23NO4. The number of hydrogen-bond acceptors (Lipinski definition) is 3. The van der Waals surface area contributed by atoms with Crippen molar-refractivity contribution in [2.75, 3.05) is 11.9 Å². The van der Waals surface area contributed by atoms with Crippen LogP contribution in [0.3, 0.4) is 0 Å². The first-order chi connectivity index (χ1) is 11.9. The van der Waals surface area contributed by atoms with Gasteiger partial charge in [-0.15, -0.1) is 0 Å². The second-order valence-corrected chi connectivity index (χ2v) is 6.01. The molecular weight excluding hydrogens is 318 g/mol. The lowest BCUT2D eigenvalue weighted by atomic mass is 10.0. The molecule has 0 aromatic heterocycles. The summed E-state index contributed by atoms with van der Waals surface area (Å²) in [5.74, 6) is -0.462. The van der Waals surface area contributed by atoms with Gasteiger partial charge in [0, 0.05) is 5.69 Å². The average molecular weight is 341 g/mol. The van der Waals surface area contributed by atoms with Crippen LogP contribution in [-0.4, -0.2) is 23.6 Å². The highest BCUT2D eigenvalue weighted by atomic mass is 16.5. The fourth-order valence-electron chi connectivity index (χ4n) is 2.56. The molecule has 0 fully saturated rings. The van der Waals surface area contributed by atoms with E-state index in [1.807, 2.05) is 38.1 Å². The zero-order chi connectivity index (χ0) is 18.4. The van der Waals surface area contributed by atoms with Crippen molar-refractivity contribution in [1.29, 1.82) is 0 Å². The maximum atomic E-state index is 12.3. The molecule has 0 aliphatic carbocycles. The van der Waals surface area contributed by atoms with Gasteiger partial charge in [-0.25, -0.2) is 4.79 Å². The minimum atomic E-state index is -1.01. The van der Waals surface area contributed by atoms with Gasteiger partial charge in [0.25, 0.3) is 0 Å². The molecule has 5 nitrogen and oxygen atoms in total. The van der Waals surface area contributed by atoms with Crippen molar-refractivity contribution < 1.29 is 19.4 Å². The van der Waals surface area contributed by atoms with Gasteiger partial charge in [-0.2, -0.15) is 0 Å². The Labute approximate surface area is 147 Å². The summed E-state index contributed by atoms with van der Waals surface area (Å²) in [4.78, 5) is 23.6. The van der Waals surface area contributed by atoms with Gasteiger partial charge < -0.3 is 15.2 Å². The Morgan fingerprint density at radius 1 is 1.12 bits per heavy atom. The van der Waals surface area contributed by atoms with Crippen LogP contribution >= 0.6 is 0 Å². The van der Waals surface area contributed by atoms with E-state index in [4.69, 9.17) is 4.74 Å². The van der Waals surface area contributed by atoms with Gasteiger partial charge >= 0.3 is 5.97 Å². The second-order valence-electron chi connectivity index (χ2n) is 6.01. The Bertz CT molecular complexity index is 783. The summed E-state index contributed by atoms with van der Waals surface area (Å²) >= 11 is 0. The standard InChI is InChI=1S/C20H23NO4/c1-4-8-25-16-7-5-6-15(10-16)11-19(22)21-18-12-17(20(23)24)13(2)9-14(18)3/h5-7,9-10,12H,4,8,11H2,1-3H3,(H,21,22)(H,23,24). The molecule has 2 aromatic rings. The molecule has 2 aromatic carbocycles. The van der Waals surface area contributed by atoms with Gasteiger partial charge in [0.1, 0.15) is 5.75 Å². The normalized spacial score (nSPS) is 10.4. The number of anilines is 1. The summed E-state index contributed by atoms with van der Waals surface area (Å²) in [6.45, 7) is 6.25. The van der Waals surface area contributed by atoms with Crippen molar-refractivity contribution in [3.05, 3.63) is 58.7 Å². The smallest absolute Gasteiger partial charge is 0.336 e. The molecule has 132 valence electrons. The summed E-state index contributed by atoms with van der Waals surface area (Å²) in [6, 6.07) is 10.7. The number of amides is 1. The summed E-state index contributed by atoms with van der Waals surface area (Å²) in [7, 11) is 0. The molecule has 0 aliphatic heterocycles. The van der Waals surface area contributed by atoms with E-state index in [0.717, 1.165) is 23.3 Å². The fraction of sp³-hybridized carbons (Fsp3) is 0.300. The van der Waals surface area contributed by atoms with E-state index in [1.165, 1.54) is 6.07 Å². The first-order valence-corrected chi connectivity index (χ1v) is 8.26. The average Bonchev–Trinajstić information content (AvgIpc) is 2.55. The third kappa shape index (κ3) is 5.08. The summed E-state index contributed by atoms with van der Waals surface area (Å²) in [5, 5.41) is 12.0. The number of benzene rings is 2. The summed E-state index contributed by atoms with van der Waals surface area (Å²) in [6.07, 6.45) is 1.11. The van der Waals surface area contributed by atoms with E-state index in [2.05, 4.69) is 5.32 Å². The van der Waals surface area contributed by atoms with E-state index in [9.17, 15) is 14.7 Å². The molecule has 0 saturated carbocycles. The van der Waals surface area contributed by atoms with E-state index >= 15 is 0 Å². The van der Waals surface area contributed by atoms with Crippen LogP contribution in [0.2, 0.25) is 0 Å². The number of carboxylic acid groups (broad SMARTS) is 1. The molecule has 0 bridgehead atoms. The molecule has 2 N–H and O–H groups in total. The van der Waals surface area contributed by atoms with Crippen molar-refractivity contribution in [2.45, 2.75) is 33.6 Å². The third-order valence-corrected chi connectivity index (χ3v) is 3.81. The topological polar surface area (TPSA) is 75.6 Å². The number of hydrogen-bond donors (Lipinski definition) is 2. The number of ether oxygens (including phenoxy) is 1. The van der Waals surface area contributed by atoms with Crippen molar-refractivity contribution in [3.63, 3.8) is 0 Å². The van der Waals surface area contributed by atoms with E-state index in [1.54, 1.807) is 13.0 Å². The Hall–Kier alpha value is -2.82. The van der Waals surface area contributed by atoms with Crippen LogP contribution in [0.25, 0.3) is 0 Å². The maximum Gasteiger partial charge on any atom is 0.336 e. The third-order valence-electron chi connectivity index (χ3n) is 3.81. The van der Waals surface area contributed by atoms with Crippen molar-refractivity contribution in [2.24, 2.45) is 0 Å². The molecule has 5 heteroatoms. The Morgan fingerprint density at radius 2 is 1.88 bits per heavy atom. The Morgan fingerprint density at radius 3 is 2.56 bits per heavy atom. The van der Waals surface area contributed by atoms with Gasteiger partial charge in [0.15, 0.2) is 0 Å². The lowest BCUT2D eigenvalue weighted by molar-refractivity contribution is -0.115. The van der Waals surface area contributed by atoms with Crippen molar-refractivity contribution in [1.82, 2.24) is 0 Å². The predicted molar refractivity (Wildman–Crippen MR) is 97.4 cm³/mol. The molecule has 0 atom stereocenters. The highest BCUT2D eigenvalue weighted by Crippen LogP contribution is 2.21. The van der Waals surface area contributed by atoms with Gasteiger partial charge in [0.05, 0.1) is 18.6 Å². The van der Waals surface area contributed by atoms with E-state index in [-0.39, 0.29) is 17.9 Å². The fourth-order valence-corrected chi connectivity index (χ4v) is 2.56. The van der Waals surface area contributed by atoms with Crippen molar-refractivity contribution in [3.8, 4) is 5.75 Å². The van der Waals surface area contributed by atoms with Gasteiger partial charge in [-0.1, -0.05) is 25.1 Å². The zero-order valence-electron chi connectivity index (χ0n) is 14.8. The number of carboxylic acids is 1. The number of aromatic carboxylic acids is 1. The lowest BCUT2D eigenvalue weighted by Gasteiger charge is -2.12.